The lowest BCUT2D eigenvalue weighted by Gasteiger charge is -2.01. The molecule has 0 aliphatic carbocycles. The van der Waals surface area contributed by atoms with Crippen LogP contribution in [0.5, 0.6) is 0 Å². The van der Waals surface area contributed by atoms with Crippen LogP contribution in [0.2, 0.25) is 10.0 Å². The molecule has 0 spiro atoms. The Hall–Kier alpha value is -0.990. The second-order valence-electron chi connectivity index (χ2n) is 2.51. The topological polar surface area (TPSA) is 28.7 Å². The lowest BCUT2D eigenvalue weighted by atomic mass is 10.1. The molecule has 0 unspecified atom stereocenters. The molecule has 13 heavy (non-hydrogen) atoms. The summed E-state index contributed by atoms with van der Waals surface area (Å²) in [6, 6.07) is 5.45. The van der Waals surface area contributed by atoms with E-state index in [2.05, 4.69) is 16.4 Å². The number of nitrogens with zero attached hydrogens (tertiary/aromatic N) is 1. The molecule has 0 atom stereocenters. The highest BCUT2D eigenvalue weighted by Crippen LogP contribution is 2.32. The van der Waals surface area contributed by atoms with Gasteiger partial charge in [0.2, 0.25) is 0 Å². The first-order valence-electron chi connectivity index (χ1n) is 3.65. The standard InChI is InChI=1S/C9H5Cl2N2/c10-8-3-1-2-7(9(8)11)6-4-12-13-5-6/h1-4H,(H,12,13). The predicted molar refractivity (Wildman–Crippen MR) is 52.9 cm³/mol. The van der Waals surface area contributed by atoms with E-state index >= 15 is 0 Å². The van der Waals surface area contributed by atoms with Crippen molar-refractivity contribution in [1.82, 2.24) is 10.2 Å². The SMILES string of the molecule is Clc1cccc(-c2[c]n[nH]c2)c1Cl. The van der Waals surface area contributed by atoms with Gasteiger partial charge in [0.05, 0.1) is 10.0 Å². The molecule has 65 valence electrons. The highest BCUT2D eigenvalue weighted by Gasteiger charge is 2.06. The van der Waals surface area contributed by atoms with E-state index < -0.39 is 0 Å². The number of nitrogens with one attached hydrogen (secondary N) is 1. The molecule has 1 aromatic carbocycles. The van der Waals surface area contributed by atoms with Crippen molar-refractivity contribution in [2.75, 3.05) is 0 Å². The normalized spacial score (nSPS) is 10.3. The molecule has 2 nitrogen and oxygen atoms in total. The second kappa shape index (κ2) is 3.40. The van der Waals surface area contributed by atoms with Gasteiger partial charge in [-0.3, -0.25) is 5.10 Å². The fourth-order valence-corrected chi connectivity index (χ4v) is 1.47. The predicted octanol–water partition coefficient (Wildman–Crippen LogP) is 3.18. The molecule has 1 radical (unpaired) electrons. The van der Waals surface area contributed by atoms with Gasteiger partial charge in [0, 0.05) is 17.3 Å². The van der Waals surface area contributed by atoms with Crippen LogP contribution in [0.15, 0.2) is 24.4 Å². The number of halogens is 2. The highest BCUT2D eigenvalue weighted by molar-refractivity contribution is 6.43. The van der Waals surface area contributed by atoms with Crippen LogP contribution < -0.4 is 0 Å². The van der Waals surface area contributed by atoms with Gasteiger partial charge >= 0.3 is 0 Å². The van der Waals surface area contributed by atoms with E-state index in [9.17, 15) is 0 Å². The molecule has 2 rings (SSSR count). The molecule has 1 heterocycles. The number of hydrogen-bond acceptors (Lipinski definition) is 1. The summed E-state index contributed by atoms with van der Waals surface area (Å²) in [6.07, 6.45) is 4.49. The zero-order valence-corrected chi connectivity index (χ0v) is 8.02. The van der Waals surface area contributed by atoms with Crippen molar-refractivity contribution < 1.29 is 0 Å². The van der Waals surface area contributed by atoms with E-state index in [4.69, 9.17) is 23.2 Å². The number of hydrogen-bond donors (Lipinski definition) is 1. The van der Waals surface area contributed by atoms with Crippen LogP contribution in [0, 0.1) is 6.20 Å². The molecule has 0 fully saturated rings. The average Bonchev–Trinajstić information content (AvgIpc) is 2.62. The van der Waals surface area contributed by atoms with Crippen LogP contribution in [0.4, 0.5) is 0 Å². The first-order chi connectivity index (χ1) is 6.29. The Labute approximate surface area is 85.5 Å². The average molecular weight is 212 g/mol. The van der Waals surface area contributed by atoms with Gasteiger partial charge in [0.15, 0.2) is 0 Å². The number of benzene rings is 1. The van der Waals surface area contributed by atoms with Gasteiger partial charge in [-0.05, 0) is 6.07 Å². The van der Waals surface area contributed by atoms with E-state index in [1.807, 2.05) is 12.1 Å². The van der Waals surface area contributed by atoms with Crippen LogP contribution in [-0.4, -0.2) is 10.2 Å². The summed E-state index contributed by atoms with van der Waals surface area (Å²) in [4.78, 5) is 0. The third-order valence-corrected chi connectivity index (χ3v) is 2.51. The van der Waals surface area contributed by atoms with Crippen molar-refractivity contribution in [1.29, 1.82) is 0 Å². The molecule has 0 bridgehead atoms. The van der Waals surface area contributed by atoms with E-state index in [0.29, 0.717) is 10.0 Å². The second-order valence-corrected chi connectivity index (χ2v) is 3.30. The van der Waals surface area contributed by atoms with Gasteiger partial charge in [-0.25, -0.2) is 0 Å². The summed E-state index contributed by atoms with van der Waals surface area (Å²) < 4.78 is 0. The largest absolute Gasteiger partial charge is 0.284 e. The van der Waals surface area contributed by atoms with E-state index in [1.54, 1.807) is 12.3 Å². The van der Waals surface area contributed by atoms with Crippen LogP contribution in [0.25, 0.3) is 11.1 Å². The first kappa shape index (κ1) is 8.60. The molecule has 0 amide bonds. The maximum atomic E-state index is 5.99. The monoisotopic (exact) mass is 211 g/mol. The number of aromatic amines is 1. The molecule has 1 aromatic heterocycles. The van der Waals surface area contributed by atoms with Crippen LogP contribution in [0.1, 0.15) is 0 Å². The number of H-pyrrole nitrogens is 1. The van der Waals surface area contributed by atoms with Crippen LogP contribution >= 0.6 is 23.2 Å². The Morgan fingerprint density at radius 3 is 2.85 bits per heavy atom. The van der Waals surface area contributed by atoms with E-state index in [-0.39, 0.29) is 0 Å². The van der Waals surface area contributed by atoms with Gasteiger partial charge in [-0.1, -0.05) is 35.3 Å². The fourth-order valence-electron chi connectivity index (χ4n) is 1.07. The van der Waals surface area contributed by atoms with Crippen molar-refractivity contribution in [3.63, 3.8) is 0 Å². The van der Waals surface area contributed by atoms with Gasteiger partial charge in [0.1, 0.15) is 6.20 Å². The van der Waals surface area contributed by atoms with E-state index in [0.717, 1.165) is 11.1 Å². The maximum Gasteiger partial charge on any atom is 0.121 e. The summed E-state index contributed by atoms with van der Waals surface area (Å²) in [5, 5.41) is 7.45. The molecule has 1 N–H and O–H groups in total. The van der Waals surface area contributed by atoms with Crippen molar-refractivity contribution in [3.05, 3.63) is 40.6 Å². The Kier molecular flexibility index (Phi) is 2.25. The van der Waals surface area contributed by atoms with Gasteiger partial charge < -0.3 is 0 Å². The van der Waals surface area contributed by atoms with Crippen molar-refractivity contribution in [3.8, 4) is 11.1 Å². The summed E-state index contributed by atoms with van der Waals surface area (Å²) >= 11 is 11.8. The molecule has 0 aliphatic heterocycles. The molecular formula is C9H5Cl2N2. The van der Waals surface area contributed by atoms with Crippen LogP contribution in [-0.2, 0) is 0 Å². The Morgan fingerprint density at radius 2 is 2.15 bits per heavy atom. The minimum absolute atomic E-state index is 0.529. The molecule has 0 saturated carbocycles. The molecular weight excluding hydrogens is 207 g/mol. The Morgan fingerprint density at radius 1 is 1.31 bits per heavy atom. The highest BCUT2D eigenvalue weighted by atomic mass is 35.5. The molecule has 2 aromatic rings. The molecule has 0 aliphatic rings. The van der Waals surface area contributed by atoms with Gasteiger partial charge in [-0.2, -0.15) is 5.10 Å². The minimum Gasteiger partial charge on any atom is -0.284 e. The van der Waals surface area contributed by atoms with Crippen LogP contribution in [0.3, 0.4) is 0 Å². The summed E-state index contributed by atoms with van der Waals surface area (Å²) in [5.74, 6) is 0. The zero-order chi connectivity index (χ0) is 9.26. The summed E-state index contributed by atoms with van der Waals surface area (Å²) in [5.41, 5.74) is 1.65. The number of aromatic nitrogens is 2. The maximum absolute atomic E-state index is 5.99. The Bertz CT molecular complexity index is 410. The quantitative estimate of drug-likeness (QED) is 0.772. The molecule has 0 saturated heterocycles. The lowest BCUT2D eigenvalue weighted by molar-refractivity contribution is 1.08. The lowest BCUT2D eigenvalue weighted by Crippen LogP contribution is -1.77. The zero-order valence-electron chi connectivity index (χ0n) is 6.51. The smallest absolute Gasteiger partial charge is 0.121 e. The number of rotatable bonds is 1. The fraction of sp³-hybridized carbons (Fsp3) is 0. The minimum atomic E-state index is 0.529. The van der Waals surface area contributed by atoms with E-state index in [1.165, 1.54) is 0 Å². The Balaban J connectivity index is 2.59. The molecule has 4 heteroatoms. The summed E-state index contributed by atoms with van der Waals surface area (Å²) in [6.45, 7) is 0. The third-order valence-electron chi connectivity index (χ3n) is 1.69. The van der Waals surface area contributed by atoms with Crippen molar-refractivity contribution in [2.45, 2.75) is 0 Å². The summed E-state index contributed by atoms with van der Waals surface area (Å²) in [7, 11) is 0. The third kappa shape index (κ3) is 1.55. The van der Waals surface area contributed by atoms with Crippen molar-refractivity contribution in [2.24, 2.45) is 0 Å². The van der Waals surface area contributed by atoms with Gasteiger partial charge in [0.25, 0.3) is 0 Å². The first-order valence-corrected chi connectivity index (χ1v) is 4.40. The van der Waals surface area contributed by atoms with Crippen molar-refractivity contribution >= 4 is 23.2 Å². The van der Waals surface area contributed by atoms with Gasteiger partial charge in [-0.15, -0.1) is 0 Å².